The molecule has 0 aliphatic heterocycles. The number of hydrogen-bond acceptors (Lipinski definition) is 2. The Morgan fingerprint density at radius 2 is 2.00 bits per heavy atom. The van der Waals surface area contributed by atoms with Crippen LogP contribution >= 0.6 is 0 Å². The van der Waals surface area contributed by atoms with Crippen LogP contribution in [-0.4, -0.2) is 15.7 Å². The number of rotatable bonds is 3. The first-order chi connectivity index (χ1) is 9.02. The fraction of sp³-hybridized carbons (Fsp3) is 0.231. The summed E-state index contributed by atoms with van der Waals surface area (Å²) in [5, 5.41) is 6.24. The zero-order valence-electron chi connectivity index (χ0n) is 10.6. The fourth-order valence-electron chi connectivity index (χ4n) is 1.74. The van der Waals surface area contributed by atoms with Gasteiger partial charge in [-0.3, -0.25) is 9.48 Å². The fourth-order valence-corrected chi connectivity index (χ4v) is 1.74. The highest BCUT2D eigenvalue weighted by molar-refractivity contribution is 6.03. The van der Waals surface area contributed by atoms with Crippen LogP contribution in [0.1, 0.15) is 23.1 Å². The maximum Gasteiger partial charge on any atom is 0.276 e. The standard InChI is InChI=1S/C13H13F2N3O/c1-3-18-8(2)7-11(17-18)13(19)16-12-9(14)5-4-6-10(12)15/h4-7H,3H2,1-2H3,(H,16,19). The Bertz CT molecular complexity index is 602. The molecule has 0 unspecified atom stereocenters. The molecular formula is C13H13F2N3O. The second-order valence-corrected chi connectivity index (χ2v) is 4.04. The van der Waals surface area contributed by atoms with Crippen LogP contribution in [0.2, 0.25) is 0 Å². The molecule has 0 radical (unpaired) electrons. The second-order valence-electron chi connectivity index (χ2n) is 4.04. The van der Waals surface area contributed by atoms with Crippen molar-refractivity contribution >= 4 is 11.6 Å². The van der Waals surface area contributed by atoms with E-state index in [1.165, 1.54) is 6.07 Å². The van der Waals surface area contributed by atoms with E-state index in [0.29, 0.717) is 6.54 Å². The van der Waals surface area contributed by atoms with Gasteiger partial charge in [-0.1, -0.05) is 6.07 Å². The van der Waals surface area contributed by atoms with Gasteiger partial charge in [0.1, 0.15) is 17.3 Å². The molecule has 0 aliphatic carbocycles. The van der Waals surface area contributed by atoms with Crippen molar-refractivity contribution in [2.24, 2.45) is 0 Å². The minimum Gasteiger partial charge on any atom is -0.316 e. The number of carbonyl (C=O) groups is 1. The Kier molecular flexibility index (Phi) is 3.59. The Balaban J connectivity index is 2.25. The molecule has 0 spiro atoms. The summed E-state index contributed by atoms with van der Waals surface area (Å²) in [5.41, 5.74) is 0.472. The lowest BCUT2D eigenvalue weighted by Crippen LogP contribution is -2.15. The van der Waals surface area contributed by atoms with Gasteiger partial charge in [0, 0.05) is 12.2 Å². The minimum absolute atomic E-state index is 0.127. The predicted molar refractivity (Wildman–Crippen MR) is 66.9 cm³/mol. The van der Waals surface area contributed by atoms with E-state index in [4.69, 9.17) is 0 Å². The number of amides is 1. The normalized spacial score (nSPS) is 10.5. The monoisotopic (exact) mass is 265 g/mol. The van der Waals surface area contributed by atoms with Gasteiger partial charge >= 0.3 is 0 Å². The van der Waals surface area contributed by atoms with Crippen LogP contribution < -0.4 is 5.32 Å². The van der Waals surface area contributed by atoms with Gasteiger partial charge in [-0.15, -0.1) is 0 Å². The lowest BCUT2D eigenvalue weighted by atomic mass is 10.2. The quantitative estimate of drug-likeness (QED) is 0.927. The number of aryl methyl sites for hydroxylation is 2. The molecule has 1 aromatic heterocycles. The molecule has 100 valence electrons. The first kappa shape index (κ1) is 13.2. The van der Waals surface area contributed by atoms with Crippen molar-refractivity contribution in [1.82, 2.24) is 9.78 Å². The van der Waals surface area contributed by atoms with Crippen LogP contribution in [0.3, 0.4) is 0 Å². The molecule has 0 saturated heterocycles. The van der Waals surface area contributed by atoms with Crippen LogP contribution in [0.25, 0.3) is 0 Å². The van der Waals surface area contributed by atoms with Crippen molar-refractivity contribution in [3.63, 3.8) is 0 Å². The molecule has 4 nitrogen and oxygen atoms in total. The number of nitrogens with zero attached hydrogens (tertiary/aromatic N) is 2. The van der Waals surface area contributed by atoms with Crippen LogP contribution in [-0.2, 0) is 6.54 Å². The summed E-state index contributed by atoms with van der Waals surface area (Å²) in [7, 11) is 0. The maximum absolute atomic E-state index is 13.4. The number of anilines is 1. The van der Waals surface area contributed by atoms with E-state index in [2.05, 4.69) is 10.4 Å². The molecule has 1 N–H and O–H groups in total. The van der Waals surface area contributed by atoms with Gasteiger partial charge in [-0.25, -0.2) is 8.78 Å². The minimum atomic E-state index is -0.819. The van der Waals surface area contributed by atoms with E-state index in [1.807, 2.05) is 6.92 Å². The second kappa shape index (κ2) is 5.17. The van der Waals surface area contributed by atoms with Crippen molar-refractivity contribution in [1.29, 1.82) is 0 Å². The predicted octanol–water partition coefficient (Wildman–Crippen LogP) is 2.74. The van der Waals surface area contributed by atoms with Gasteiger partial charge < -0.3 is 5.32 Å². The molecular weight excluding hydrogens is 252 g/mol. The highest BCUT2D eigenvalue weighted by Gasteiger charge is 2.16. The van der Waals surface area contributed by atoms with E-state index in [0.717, 1.165) is 17.8 Å². The van der Waals surface area contributed by atoms with Crippen molar-refractivity contribution in [3.05, 3.63) is 47.3 Å². The highest BCUT2D eigenvalue weighted by atomic mass is 19.1. The number of benzene rings is 1. The zero-order chi connectivity index (χ0) is 14.0. The van der Waals surface area contributed by atoms with E-state index >= 15 is 0 Å². The molecule has 2 rings (SSSR count). The Morgan fingerprint density at radius 1 is 1.37 bits per heavy atom. The third-order valence-electron chi connectivity index (χ3n) is 2.71. The van der Waals surface area contributed by atoms with Gasteiger partial charge in [-0.05, 0) is 32.0 Å². The first-order valence-corrected chi connectivity index (χ1v) is 5.82. The number of hydrogen-bond donors (Lipinski definition) is 1. The lowest BCUT2D eigenvalue weighted by Gasteiger charge is -2.05. The number of nitrogens with one attached hydrogen (secondary N) is 1. The van der Waals surface area contributed by atoms with E-state index in [1.54, 1.807) is 17.7 Å². The van der Waals surface area contributed by atoms with E-state index in [-0.39, 0.29) is 5.69 Å². The van der Waals surface area contributed by atoms with Gasteiger partial charge in [0.2, 0.25) is 0 Å². The Labute approximate surface area is 109 Å². The molecule has 0 aliphatic rings. The van der Waals surface area contributed by atoms with Crippen molar-refractivity contribution in [2.75, 3.05) is 5.32 Å². The largest absolute Gasteiger partial charge is 0.316 e. The molecule has 0 bridgehead atoms. The summed E-state index contributed by atoms with van der Waals surface area (Å²) >= 11 is 0. The summed E-state index contributed by atoms with van der Waals surface area (Å²) in [4.78, 5) is 11.9. The van der Waals surface area contributed by atoms with E-state index < -0.39 is 23.2 Å². The molecule has 0 fully saturated rings. The molecule has 2 aromatic rings. The van der Waals surface area contributed by atoms with E-state index in [9.17, 15) is 13.6 Å². The topological polar surface area (TPSA) is 46.9 Å². The number of para-hydroxylation sites is 1. The molecule has 1 amide bonds. The van der Waals surface area contributed by atoms with Crippen LogP contribution in [0.15, 0.2) is 24.3 Å². The smallest absolute Gasteiger partial charge is 0.276 e. The number of halogens is 2. The van der Waals surface area contributed by atoms with Crippen LogP contribution in [0.4, 0.5) is 14.5 Å². The summed E-state index contributed by atoms with van der Waals surface area (Å²) in [6, 6.07) is 4.96. The number of aromatic nitrogens is 2. The lowest BCUT2D eigenvalue weighted by molar-refractivity contribution is 0.102. The maximum atomic E-state index is 13.4. The van der Waals surface area contributed by atoms with Crippen molar-refractivity contribution in [3.8, 4) is 0 Å². The van der Waals surface area contributed by atoms with Gasteiger partial charge in [-0.2, -0.15) is 5.10 Å². The van der Waals surface area contributed by atoms with Crippen LogP contribution in [0, 0.1) is 18.6 Å². The molecule has 6 heteroatoms. The molecule has 0 atom stereocenters. The first-order valence-electron chi connectivity index (χ1n) is 5.82. The molecule has 19 heavy (non-hydrogen) atoms. The number of carbonyl (C=O) groups excluding carboxylic acids is 1. The summed E-state index contributed by atoms with van der Waals surface area (Å²) in [5.74, 6) is -2.28. The van der Waals surface area contributed by atoms with Crippen LogP contribution in [0.5, 0.6) is 0 Å². The summed E-state index contributed by atoms with van der Waals surface area (Å²) < 4.78 is 28.4. The molecule has 0 saturated carbocycles. The average Bonchev–Trinajstić information content (AvgIpc) is 2.75. The van der Waals surface area contributed by atoms with Gasteiger partial charge in [0.15, 0.2) is 5.69 Å². The molecule has 1 aromatic carbocycles. The van der Waals surface area contributed by atoms with Crippen molar-refractivity contribution in [2.45, 2.75) is 20.4 Å². The van der Waals surface area contributed by atoms with Crippen molar-refractivity contribution < 1.29 is 13.6 Å². The average molecular weight is 265 g/mol. The SMILES string of the molecule is CCn1nc(C(=O)Nc2c(F)cccc2F)cc1C. The Morgan fingerprint density at radius 3 is 2.53 bits per heavy atom. The molecule has 1 heterocycles. The Hall–Kier alpha value is -2.24. The third kappa shape index (κ3) is 2.62. The third-order valence-corrected chi connectivity index (χ3v) is 2.71. The van der Waals surface area contributed by atoms with Gasteiger partial charge in [0.05, 0.1) is 0 Å². The zero-order valence-corrected chi connectivity index (χ0v) is 10.6. The summed E-state index contributed by atoms with van der Waals surface area (Å²) in [6.45, 7) is 4.31. The van der Waals surface area contributed by atoms with Gasteiger partial charge in [0.25, 0.3) is 5.91 Å². The summed E-state index contributed by atoms with van der Waals surface area (Å²) in [6.07, 6.45) is 0. The highest BCUT2D eigenvalue weighted by Crippen LogP contribution is 2.18.